The van der Waals surface area contributed by atoms with E-state index in [1.165, 1.54) is 6.92 Å². The van der Waals surface area contributed by atoms with Crippen molar-refractivity contribution in [3.8, 4) is 0 Å². The summed E-state index contributed by atoms with van der Waals surface area (Å²) in [5.41, 5.74) is -0.00707. The molecule has 0 aliphatic carbocycles. The van der Waals surface area contributed by atoms with Crippen molar-refractivity contribution in [2.75, 3.05) is 34.9 Å². The van der Waals surface area contributed by atoms with Crippen molar-refractivity contribution in [2.24, 2.45) is 40.9 Å². The standard InChI is InChI=1S/C41H75NO11/c1-23(2)17-32(18-24(3)26(5)21-43)38(36(47-16)25(4)19-33(45)48-27(6)22-46-15)53-40-39(51-31(10)44)35(42(13)14)37(30(9)50-40)52-34-20-41(11,12)28(7)29(8)49-34/h21,23-30,32,34-40H,17-20,22H2,1-16H3/t24-,25-,26+,27-,28?,29+,30-,32+,34+,35?,36+,37?,38+,39?,40+/m1/s1. The lowest BCUT2D eigenvalue weighted by Gasteiger charge is -2.51. The zero-order valence-electron chi connectivity index (χ0n) is 35.8. The number of aldehydes is 1. The number of rotatable bonds is 21. The van der Waals surface area contributed by atoms with Gasteiger partial charge in [0, 0.05) is 33.5 Å². The summed E-state index contributed by atoms with van der Waals surface area (Å²) < 4.78 is 50.1. The van der Waals surface area contributed by atoms with Crippen LogP contribution in [0.1, 0.15) is 109 Å². The molecule has 0 aromatic rings. The molecule has 2 heterocycles. The van der Waals surface area contributed by atoms with Gasteiger partial charge in [-0.05, 0) is 82.7 Å². The predicted molar refractivity (Wildman–Crippen MR) is 203 cm³/mol. The van der Waals surface area contributed by atoms with Gasteiger partial charge >= 0.3 is 11.9 Å². The Labute approximate surface area is 320 Å². The van der Waals surface area contributed by atoms with Gasteiger partial charge in [-0.3, -0.25) is 9.59 Å². The zero-order chi connectivity index (χ0) is 40.4. The van der Waals surface area contributed by atoms with Gasteiger partial charge in [0.05, 0.1) is 43.5 Å². The lowest BCUT2D eigenvalue weighted by molar-refractivity contribution is -0.338. The maximum Gasteiger partial charge on any atom is 0.306 e. The normalized spacial score (nSPS) is 31.6. The van der Waals surface area contributed by atoms with Crippen LogP contribution in [0.3, 0.4) is 0 Å². The highest BCUT2D eigenvalue weighted by molar-refractivity contribution is 5.70. The molecule has 0 saturated carbocycles. The van der Waals surface area contributed by atoms with Gasteiger partial charge < -0.3 is 47.6 Å². The van der Waals surface area contributed by atoms with Gasteiger partial charge in [-0.2, -0.15) is 0 Å². The summed E-state index contributed by atoms with van der Waals surface area (Å²) in [6, 6.07) is -0.456. The van der Waals surface area contributed by atoms with E-state index in [0.717, 1.165) is 12.7 Å². The Bertz CT molecular complexity index is 1120. The van der Waals surface area contributed by atoms with Crippen LogP contribution in [-0.4, -0.2) is 119 Å². The molecule has 53 heavy (non-hydrogen) atoms. The van der Waals surface area contributed by atoms with Crippen LogP contribution in [0.25, 0.3) is 0 Å². The molecule has 4 unspecified atom stereocenters. The lowest BCUT2D eigenvalue weighted by Crippen LogP contribution is -2.66. The van der Waals surface area contributed by atoms with E-state index in [1.807, 2.05) is 39.8 Å². The first-order chi connectivity index (χ1) is 24.7. The van der Waals surface area contributed by atoms with Crippen LogP contribution < -0.4 is 0 Å². The molecule has 0 radical (unpaired) electrons. The minimum Gasteiger partial charge on any atom is -0.460 e. The molecule has 0 amide bonds. The molecule has 12 heteroatoms. The first-order valence-corrected chi connectivity index (χ1v) is 19.8. The van der Waals surface area contributed by atoms with E-state index in [4.69, 9.17) is 37.9 Å². The Morgan fingerprint density at radius 1 is 0.906 bits per heavy atom. The first-order valence-electron chi connectivity index (χ1n) is 19.8. The van der Waals surface area contributed by atoms with Crippen molar-refractivity contribution < 1.29 is 52.3 Å². The third kappa shape index (κ3) is 13.8. The summed E-state index contributed by atoms with van der Waals surface area (Å²) >= 11 is 0. The number of hydrogen-bond acceptors (Lipinski definition) is 12. The second kappa shape index (κ2) is 21.6. The average Bonchev–Trinajstić information content (AvgIpc) is 3.03. The molecule has 2 aliphatic heterocycles. The van der Waals surface area contributed by atoms with Crippen LogP contribution in [0, 0.1) is 40.9 Å². The predicted octanol–water partition coefficient (Wildman–Crippen LogP) is 6.30. The highest BCUT2D eigenvalue weighted by Crippen LogP contribution is 2.43. The molecule has 0 N–H and O–H groups in total. The van der Waals surface area contributed by atoms with Gasteiger partial charge in [0.25, 0.3) is 0 Å². The largest absolute Gasteiger partial charge is 0.460 e. The quantitative estimate of drug-likeness (QED) is 0.0963. The summed E-state index contributed by atoms with van der Waals surface area (Å²) in [5.74, 6) is -0.770. The van der Waals surface area contributed by atoms with Gasteiger partial charge in [-0.25, -0.2) is 0 Å². The maximum atomic E-state index is 13.1. The summed E-state index contributed by atoms with van der Waals surface area (Å²) in [4.78, 5) is 39.8. The maximum absolute atomic E-state index is 13.1. The summed E-state index contributed by atoms with van der Waals surface area (Å²) in [6.07, 6.45) is -1.72. The number of hydrogen-bond donors (Lipinski definition) is 0. The zero-order valence-corrected chi connectivity index (χ0v) is 35.8. The van der Waals surface area contributed by atoms with E-state index in [2.05, 4.69) is 48.5 Å². The average molecular weight is 758 g/mol. The van der Waals surface area contributed by atoms with Crippen LogP contribution in [0.4, 0.5) is 0 Å². The van der Waals surface area contributed by atoms with Crippen molar-refractivity contribution in [1.82, 2.24) is 4.90 Å². The number of nitrogens with zero attached hydrogens (tertiary/aromatic N) is 1. The Morgan fingerprint density at radius 3 is 2.06 bits per heavy atom. The van der Waals surface area contributed by atoms with Crippen molar-refractivity contribution in [1.29, 1.82) is 0 Å². The van der Waals surface area contributed by atoms with E-state index in [9.17, 15) is 14.4 Å². The van der Waals surface area contributed by atoms with Crippen molar-refractivity contribution in [2.45, 2.75) is 170 Å². The summed E-state index contributed by atoms with van der Waals surface area (Å²) in [7, 11) is 7.05. The monoisotopic (exact) mass is 758 g/mol. The first kappa shape index (κ1) is 47.5. The molecule has 2 aliphatic rings. The molecule has 0 aromatic carbocycles. The third-order valence-corrected chi connectivity index (χ3v) is 11.7. The Hall–Kier alpha value is -1.67. The number of carbonyl (C=O) groups is 3. The minimum atomic E-state index is -0.999. The van der Waals surface area contributed by atoms with Gasteiger partial charge in [-0.1, -0.05) is 55.4 Å². The van der Waals surface area contributed by atoms with Crippen LogP contribution in [0.2, 0.25) is 0 Å². The number of methoxy groups -OCH3 is 2. The highest BCUT2D eigenvalue weighted by Gasteiger charge is 2.52. The molecule has 2 fully saturated rings. The summed E-state index contributed by atoms with van der Waals surface area (Å²) in [5, 5.41) is 0. The van der Waals surface area contributed by atoms with Crippen LogP contribution in [0.5, 0.6) is 0 Å². The van der Waals surface area contributed by atoms with E-state index in [-0.39, 0.29) is 60.1 Å². The molecule has 0 aromatic heterocycles. The summed E-state index contributed by atoms with van der Waals surface area (Å²) in [6.45, 7) is 24.4. The van der Waals surface area contributed by atoms with Crippen molar-refractivity contribution >= 4 is 18.2 Å². The lowest BCUT2D eigenvalue weighted by atomic mass is 9.73. The Morgan fingerprint density at radius 2 is 1.55 bits per heavy atom. The second-order valence-corrected chi connectivity index (χ2v) is 17.4. The number of likely N-dealkylation sites (N-methyl/N-ethyl adjacent to an activating group) is 1. The molecule has 15 atom stereocenters. The number of esters is 2. The van der Waals surface area contributed by atoms with Crippen molar-refractivity contribution in [3.63, 3.8) is 0 Å². The van der Waals surface area contributed by atoms with E-state index in [1.54, 1.807) is 21.1 Å². The third-order valence-electron chi connectivity index (χ3n) is 11.7. The molecule has 0 spiro atoms. The molecule has 12 nitrogen and oxygen atoms in total. The highest BCUT2D eigenvalue weighted by atomic mass is 16.7. The molecular weight excluding hydrogens is 682 g/mol. The fourth-order valence-corrected chi connectivity index (χ4v) is 8.13. The van der Waals surface area contributed by atoms with E-state index in [0.29, 0.717) is 18.8 Å². The fourth-order valence-electron chi connectivity index (χ4n) is 8.13. The topological polar surface area (TPSA) is 128 Å². The number of carbonyl (C=O) groups excluding carboxylic acids is 3. The Balaban J connectivity index is 2.60. The molecule has 2 rings (SSSR count). The molecular formula is C41H75NO11. The van der Waals surface area contributed by atoms with Crippen molar-refractivity contribution in [3.05, 3.63) is 0 Å². The van der Waals surface area contributed by atoms with Gasteiger partial charge in [0.1, 0.15) is 18.5 Å². The molecule has 310 valence electrons. The molecule has 0 bridgehead atoms. The van der Waals surface area contributed by atoms with Gasteiger partial charge in [0.15, 0.2) is 18.7 Å². The van der Waals surface area contributed by atoms with Gasteiger partial charge in [-0.15, -0.1) is 0 Å². The number of ether oxygens (including phenoxy) is 8. The van der Waals surface area contributed by atoms with Crippen LogP contribution in [-0.2, 0) is 52.3 Å². The second-order valence-electron chi connectivity index (χ2n) is 17.4. The van der Waals surface area contributed by atoms with Gasteiger partial charge in [0.2, 0.25) is 0 Å². The van der Waals surface area contributed by atoms with Crippen LogP contribution >= 0.6 is 0 Å². The van der Waals surface area contributed by atoms with E-state index >= 15 is 0 Å². The SMILES string of the molecule is COC[C@@H](C)OC(=O)C[C@@H](C)[C@H](OC)[C@@H](O[C@@H]1O[C@H](C)C(O[C@H]2CC(C)(C)C(C)[C@H](C)O2)C(N(C)C)C1OC(C)=O)[C@@H](CC(C)C)C[C@@H](C)[C@@H](C)C=O. The minimum absolute atomic E-state index is 0.00173. The molecule has 2 saturated heterocycles. The fraction of sp³-hybridized carbons (Fsp3) is 0.927. The van der Waals surface area contributed by atoms with Crippen LogP contribution in [0.15, 0.2) is 0 Å². The Kier molecular flexibility index (Phi) is 19.3. The smallest absolute Gasteiger partial charge is 0.306 e. The van der Waals surface area contributed by atoms with E-state index < -0.39 is 61.2 Å².